The van der Waals surface area contributed by atoms with E-state index in [1.807, 2.05) is 36.6 Å². The largest absolute Gasteiger partial charge is 0.444 e. The van der Waals surface area contributed by atoms with Gasteiger partial charge < -0.3 is 14.5 Å². The van der Waals surface area contributed by atoms with Crippen molar-refractivity contribution in [1.29, 1.82) is 0 Å². The fourth-order valence-electron chi connectivity index (χ4n) is 3.99. The maximum atomic E-state index is 12.9. The van der Waals surface area contributed by atoms with E-state index in [4.69, 9.17) is 4.74 Å². The molecule has 0 saturated carbocycles. The first-order chi connectivity index (χ1) is 12.1. The zero-order valence-electron chi connectivity index (χ0n) is 16.6. The molecule has 3 rings (SSSR count). The van der Waals surface area contributed by atoms with Crippen LogP contribution in [0.25, 0.3) is 0 Å². The Morgan fingerprint density at radius 1 is 1.19 bits per heavy atom. The quantitative estimate of drug-likeness (QED) is 0.779. The SMILES string of the molecule is CCc1sc(C(=O)N2CC[C@]3(CCN(C(=O)OC(C)(C)C)C3)C2)cc1C. The number of rotatable bonds is 2. The van der Waals surface area contributed by atoms with Crippen molar-refractivity contribution in [3.63, 3.8) is 0 Å². The third kappa shape index (κ3) is 3.90. The molecule has 1 atom stereocenters. The van der Waals surface area contributed by atoms with Crippen LogP contribution in [0.4, 0.5) is 4.79 Å². The Morgan fingerprint density at radius 2 is 1.81 bits per heavy atom. The van der Waals surface area contributed by atoms with Crippen molar-refractivity contribution in [3.05, 3.63) is 21.4 Å². The van der Waals surface area contributed by atoms with Crippen molar-refractivity contribution in [2.24, 2.45) is 5.41 Å². The Hall–Kier alpha value is -1.56. The van der Waals surface area contributed by atoms with Gasteiger partial charge in [0.2, 0.25) is 0 Å². The zero-order valence-corrected chi connectivity index (χ0v) is 17.4. The van der Waals surface area contributed by atoms with E-state index in [1.165, 1.54) is 10.4 Å². The highest BCUT2D eigenvalue weighted by molar-refractivity contribution is 7.14. The van der Waals surface area contributed by atoms with Crippen LogP contribution < -0.4 is 0 Å². The van der Waals surface area contributed by atoms with Crippen LogP contribution in [-0.2, 0) is 11.2 Å². The number of amides is 2. The van der Waals surface area contributed by atoms with Crippen molar-refractivity contribution in [2.75, 3.05) is 26.2 Å². The van der Waals surface area contributed by atoms with Crippen LogP contribution >= 0.6 is 11.3 Å². The van der Waals surface area contributed by atoms with E-state index in [0.29, 0.717) is 6.54 Å². The summed E-state index contributed by atoms with van der Waals surface area (Å²) in [5, 5.41) is 0. The average molecular weight is 379 g/mol. The fraction of sp³-hybridized carbons (Fsp3) is 0.700. The van der Waals surface area contributed by atoms with E-state index in [0.717, 1.165) is 43.8 Å². The number of ether oxygens (including phenoxy) is 1. The predicted octanol–water partition coefficient (Wildman–Crippen LogP) is 4.09. The van der Waals surface area contributed by atoms with Gasteiger partial charge in [-0.2, -0.15) is 0 Å². The average Bonchev–Trinajstić information content (AvgIpc) is 3.25. The normalized spacial score (nSPS) is 23.1. The van der Waals surface area contributed by atoms with E-state index in [2.05, 4.69) is 13.8 Å². The van der Waals surface area contributed by atoms with E-state index in [-0.39, 0.29) is 17.4 Å². The molecular weight excluding hydrogens is 348 g/mol. The Kier molecular flexibility index (Phi) is 5.08. The summed E-state index contributed by atoms with van der Waals surface area (Å²) in [5.74, 6) is 0.144. The Labute approximate surface area is 160 Å². The third-order valence-electron chi connectivity index (χ3n) is 5.37. The summed E-state index contributed by atoms with van der Waals surface area (Å²) in [6, 6.07) is 2.03. The van der Waals surface area contributed by atoms with Gasteiger partial charge in [0.1, 0.15) is 5.60 Å². The van der Waals surface area contributed by atoms with Gasteiger partial charge in [0.05, 0.1) is 4.88 Å². The number of aryl methyl sites for hydroxylation is 2. The summed E-state index contributed by atoms with van der Waals surface area (Å²) in [6.07, 6.45) is 2.64. The van der Waals surface area contributed by atoms with Crippen LogP contribution in [0, 0.1) is 12.3 Å². The standard InChI is InChI=1S/C20H30N2O3S/c1-6-15-14(2)11-16(26-15)17(23)21-9-7-20(12-21)8-10-22(13-20)18(24)25-19(3,4)5/h11H,6-10,12-13H2,1-5H3/t20-/m0/s1. The molecule has 2 amide bonds. The molecule has 0 unspecified atom stereocenters. The Bertz CT molecular complexity index is 706. The number of hydrogen-bond donors (Lipinski definition) is 0. The number of thiophene rings is 1. The van der Waals surface area contributed by atoms with Gasteiger partial charge in [-0.3, -0.25) is 4.79 Å². The molecule has 1 aromatic rings. The van der Waals surface area contributed by atoms with Gasteiger partial charge in [0, 0.05) is 36.5 Å². The lowest BCUT2D eigenvalue weighted by Crippen LogP contribution is -2.38. The highest BCUT2D eigenvalue weighted by Crippen LogP contribution is 2.40. The van der Waals surface area contributed by atoms with Gasteiger partial charge >= 0.3 is 6.09 Å². The van der Waals surface area contributed by atoms with Crippen molar-refractivity contribution in [1.82, 2.24) is 9.80 Å². The highest BCUT2D eigenvalue weighted by atomic mass is 32.1. The molecule has 1 spiro atoms. The number of nitrogens with zero attached hydrogens (tertiary/aromatic N) is 2. The molecule has 0 bridgehead atoms. The summed E-state index contributed by atoms with van der Waals surface area (Å²) >= 11 is 1.62. The molecule has 144 valence electrons. The fourth-order valence-corrected chi connectivity index (χ4v) is 5.07. The monoisotopic (exact) mass is 378 g/mol. The number of likely N-dealkylation sites (tertiary alicyclic amines) is 2. The highest BCUT2D eigenvalue weighted by Gasteiger charge is 2.46. The van der Waals surface area contributed by atoms with Gasteiger partial charge in [0.15, 0.2) is 0 Å². The minimum atomic E-state index is -0.474. The predicted molar refractivity (Wildman–Crippen MR) is 104 cm³/mol. The van der Waals surface area contributed by atoms with E-state index < -0.39 is 5.60 Å². The minimum Gasteiger partial charge on any atom is -0.444 e. The van der Waals surface area contributed by atoms with Crippen molar-refractivity contribution < 1.29 is 14.3 Å². The molecule has 1 aromatic heterocycles. The van der Waals surface area contributed by atoms with Gasteiger partial charge in [-0.25, -0.2) is 4.79 Å². The molecule has 0 aliphatic carbocycles. The molecule has 0 radical (unpaired) electrons. The molecule has 2 saturated heterocycles. The van der Waals surface area contributed by atoms with Crippen LogP contribution in [0.15, 0.2) is 6.07 Å². The van der Waals surface area contributed by atoms with Crippen molar-refractivity contribution in [3.8, 4) is 0 Å². The lowest BCUT2D eigenvalue weighted by Gasteiger charge is -2.27. The molecule has 5 nitrogen and oxygen atoms in total. The first-order valence-electron chi connectivity index (χ1n) is 9.49. The second kappa shape index (κ2) is 6.87. The molecule has 2 aliphatic heterocycles. The summed E-state index contributed by atoms with van der Waals surface area (Å²) in [7, 11) is 0. The summed E-state index contributed by atoms with van der Waals surface area (Å²) in [5.41, 5.74) is 0.775. The smallest absolute Gasteiger partial charge is 0.410 e. The van der Waals surface area contributed by atoms with Crippen LogP contribution in [-0.4, -0.2) is 53.6 Å². The molecule has 26 heavy (non-hydrogen) atoms. The molecule has 6 heteroatoms. The van der Waals surface area contributed by atoms with Gasteiger partial charge in [0.25, 0.3) is 5.91 Å². The maximum absolute atomic E-state index is 12.9. The Morgan fingerprint density at radius 3 is 2.38 bits per heavy atom. The summed E-state index contributed by atoms with van der Waals surface area (Å²) in [6.45, 7) is 12.8. The molecule has 3 heterocycles. The van der Waals surface area contributed by atoms with Crippen molar-refractivity contribution in [2.45, 2.75) is 59.5 Å². The topological polar surface area (TPSA) is 49.9 Å². The van der Waals surface area contributed by atoms with Crippen LogP contribution in [0.5, 0.6) is 0 Å². The van der Waals surface area contributed by atoms with E-state index in [9.17, 15) is 9.59 Å². The van der Waals surface area contributed by atoms with E-state index in [1.54, 1.807) is 11.3 Å². The summed E-state index contributed by atoms with van der Waals surface area (Å²) < 4.78 is 5.50. The maximum Gasteiger partial charge on any atom is 0.410 e. The minimum absolute atomic E-state index is 0.0342. The molecule has 2 fully saturated rings. The second-order valence-corrected chi connectivity index (χ2v) is 9.84. The molecule has 0 N–H and O–H groups in total. The van der Waals surface area contributed by atoms with Crippen LogP contribution in [0.3, 0.4) is 0 Å². The molecule has 0 aromatic carbocycles. The number of hydrogen-bond acceptors (Lipinski definition) is 4. The Balaban J connectivity index is 1.63. The number of carbonyl (C=O) groups is 2. The first-order valence-corrected chi connectivity index (χ1v) is 10.3. The zero-order chi connectivity index (χ0) is 19.1. The van der Waals surface area contributed by atoms with Crippen LogP contribution in [0.2, 0.25) is 0 Å². The third-order valence-corrected chi connectivity index (χ3v) is 6.74. The summed E-state index contributed by atoms with van der Waals surface area (Å²) in [4.78, 5) is 31.2. The number of carbonyl (C=O) groups excluding carboxylic acids is 2. The van der Waals surface area contributed by atoms with E-state index >= 15 is 0 Å². The lowest BCUT2D eigenvalue weighted by molar-refractivity contribution is 0.0274. The van der Waals surface area contributed by atoms with Gasteiger partial charge in [-0.1, -0.05) is 6.92 Å². The van der Waals surface area contributed by atoms with Gasteiger partial charge in [-0.05, 0) is 58.6 Å². The molecular formula is C20H30N2O3S. The van der Waals surface area contributed by atoms with Gasteiger partial charge in [-0.15, -0.1) is 11.3 Å². The van der Waals surface area contributed by atoms with Crippen LogP contribution in [0.1, 0.15) is 60.6 Å². The molecule has 2 aliphatic rings. The second-order valence-electron chi connectivity index (χ2n) is 8.70. The first kappa shape index (κ1) is 19.2. The van der Waals surface area contributed by atoms with Crippen molar-refractivity contribution >= 4 is 23.3 Å². The lowest BCUT2D eigenvalue weighted by atomic mass is 9.86.